The molecule has 0 aliphatic carbocycles. The van der Waals surface area contributed by atoms with Gasteiger partial charge in [0.25, 0.3) is 5.82 Å². The fourth-order valence-corrected chi connectivity index (χ4v) is 1.62. The van der Waals surface area contributed by atoms with Crippen LogP contribution in [0, 0.1) is 0 Å². The molecule has 1 aromatic heterocycles. The van der Waals surface area contributed by atoms with Gasteiger partial charge in [0, 0.05) is 5.02 Å². The van der Waals surface area contributed by atoms with Crippen LogP contribution in [0.5, 0.6) is 0 Å². The number of methoxy groups -OCH3 is 1. The van der Waals surface area contributed by atoms with Gasteiger partial charge in [-0.1, -0.05) is 11.6 Å². The summed E-state index contributed by atoms with van der Waals surface area (Å²) >= 11 is 5.74. The monoisotopic (exact) mass is 281 g/mol. The molecule has 1 aromatic carbocycles. The van der Waals surface area contributed by atoms with Gasteiger partial charge in [0.2, 0.25) is 0 Å². The second-order valence-corrected chi connectivity index (χ2v) is 3.91. The minimum absolute atomic E-state index is 0.0474. The molecule has 8 heteroatoms. The number of nitrogens with zero attached hydrogens (tertiary/aromatic N) is 3. The van der Waals surface area contributed by atoms with Crippen LogP contribution in [0.25, 0.3) is 5.69 Å². The van der Waals surface area contributed by atoms with Gasteiger partial charge in [-0.25, -0.2) is 19.3 Å². The number of halogens is 1. The van der Waals surface area contributed by atoms with Gasteiger partial charge in [-0.3, -0.25) is 0 Å². The average molecular weight is 282 g/mol. The maximum Gasteiger partial charge on any atom is 0.377 e. The Morgan fingerprint density at radius 1 is 1.42 bits per heavy atom. The summed E-state index contributed by atoms with van der Waals surface area (Å²) in [4.78, 5) is 26.1. The van der Waals surface area contributed by atoms with Crippen molar-refractivity contribution >= 4 is 23.5 Å². The number of aromatic carboxylic acids is 1. The van der Waals surface area contributed by atoms with Gasteiger partial charge in [0.1, 0.15) is 6.33 Å². The number of hydrogen-bond acceptors (Lipinski definition) is 5. The number of esters is 1. The molecule has 0 bridgehead atoms. The molecule has 98 valence electrons. The molecule has 7 nitrogen and oxygen atoms in total. The molecule has 0 amide bonds. The second-order valence-electron chi connectivity index (χ2n) is 3.47. The summed E-state index contributed by atoms with van der Waals surface area (Å²) in [5, 5.41) is 13.2. The molecule has 1 N–H and O–H groups in total. The SMILES string of the molecule is COC(=O)c1ncn(-c2ccc(Cl)cc2C(=O)O)n1. The summed E-state index contributed by atoms with van der Waals surface area (Å²) in [6.07, 6.45) is 1.22. The van der Waals surface area contributed by atoms with Crippen LogP contribution in [-0.4, -0.2) is 38.9 Å². The van der Waals surface area contributed by atoms with Crippen molar-refractivity contribution < 1.29 is 19.4 Å². The van der Waals surface area contributed by atoms with Crippen LogP contribution in [0.1, 0.15) is 21.0 Å². The van der Waals surface area contributed by atoms with Crippen molar-refractivity contribution in [2.24, 2.45) is 0 Å². The third-order valence-electron chi connectivity index (χ3n) is 2.30. The van der Waals surface area contributed by atoms with E-state index in [9.17, 15) is 9.59 Å². The van der Waals surface area contributed by atoms with Gasteiger partial charge in [0.05, 0.1) is 18.4 Å². The second kappa shape index (κ2) is 5.07. The lowest BCUT2D eigenvalue weighted by atomic mass is 10.2. The van der Waals surface area contributed by atoms with Crippen LogP contribution in [0.4, 0.5) is 0 Å². The van der Waals surface area contributed by atoms with Crippen LogP contribution in [0.3, 0.4) is 0 Å². The molecule has 0 saturated heterocycles. The van der Waals surface area contributed by atoms with Gasteiger partial charge in [-0.15, -0.1) is 5.10 Å². The number of aromatic nitrogens is 3. The lowest BCUT2D eigenvalue weighted by Crippen LogP contribution is -2.08. The molecule has 0 aliphatic heterocycles. The predicted molar refractivity (Wildman–Crippen MR) is 64.7 cm³/mol. The van der Waals surface area contributed by atoms with Crippen LogP contribution >= 0.6 is 11.6 Å². The largest absolute Gasteiger partial charge is 0.478 e. The Morgan fingerprint density at radius 2 is 2.16 bits per heavy atom. The standard InChI is InChI=1S/C11H8ClN3O4/c1-19-11(18)9-13-5-15(14-9)8-3-2-6(12)4-7(8)10(16)17/h2-5H,1H3,(H,16,17). The molecule has 0 unspecified atom stereocenters. The number of carboxylic acid groups (broad SMARTS) is 1. The Labute approximate surface area is 112 Å². The van der Waals surface area contributed by atoms with Gasteiger partial charge in [-0.05, 0) is 18.2 Å². The number of carbonyl (C=O) groups is 2. The summed E-state index contributed by atoms with van der Waals surface area (Å²) in [6.45, 7) is 0. The first kappa shape index (κ1) is 13.0. The fraction of sp³-hybridized carbons (Fsp3) is 0.0909. The van der Waals surface area contributed by atoms with Crippen molar-refractivity contribution in [3.63, 3.8) is 0 Å². The molecular weight excluding hydrogens is 274 g/mol. The van der Waals surface area contributed by atoms with E-state index in [0.717, 1.165) is 0 Å². The van der Waals surface area contributed by atoms with E-state index in [1.54, 1.807) is 0 Å². The average Bonchev–Trinajstić information content (AvgIpc) is 2.87. The summed E-state index contributed by atoms with van der Waals surface area (Å²) in [5.41, 5.74) is 0.202. The molecule has 2 rings (SSSR count). The predicted octanol–water partition coefficient (Wildman–Crippen LogP) is 1.41. The fourth-order valence-electron chi connectivity index (χ4n) is 1.44. The highest BCUT2D eigenvalue weighted by Gasteiger charge is 2.16. The van der Waals surface area contributed by atoms with Crippen molar-refractivity contribution in [3.8, 4) is 5.69 Å². The molecule has 19 heavy (non-hydrogen) atoms. The minimum atomic E-state index is -1.16. The maximum atomic E-state index is 11.2. The van der Waals surface area contributed by atoms with Gasteiger partial charge in [0.15, 0.2) is 0 Å². The molecule has 0 fully saturated rings. The molecule has 0 saturated carbocycles. The van der Waals surface area contributed by atoms with Crippen LogP contribution in [-0.2, 0) is 4.74 Å². The van der Waals surface area contributed by atoms with Crippen LogP contribution in [0.15, 0.2) is 24.5 Å². The van der Waals surface area contributed by atoms with Crippen LogP contribution in [0.2, 0.25) is 5.02 Å². The molecule has 0 radical (unpaired) electrons. The zero-order valence-corrected chi connectivity index (χ0v) is 10.5. The zero-order valence-electron chi connectivity index (χ0n) is 9.70. The zero-order chi connectivity index (χ0) is 14.0. The molecule has 2 aromatic rings. The summed E-state index contributed by atoms with van der Waals surface area (Å²) in [7, 11) is 1.20. The first-order valence-electron chi connectivity index (χ1n) is 5.06. The third-order valence-corrected chi connectivity index (χ3v) is 2.53. The molecule has 0 aliphatic rings. The van der Waals surface area contributed by atoms with E-state index in [-0.39, 0.29) is 22.1 Å². The molecule has 0 atom stereocenters. The van der Waals surface area contributed by atoms with Crippen LogP contribution < -0.4 is 0 Å². The quantitative estimate of drug-likeness (QED) is 0.855. The van der Waals surface area contributed by atoms with E-state index in [1.807, 2.05) is 0 Å². The van der Waals surface area contributed by atoms with E-state index in [1.165, 1.54) is 36.3 Å². The van der Waals surface area contributed by atoms with Gasteiger partial charge < -0.3 is 9.84 Å². The number of benzene rings is 1. The van der Waals surface area contributed by atoms with Crippen molar-refractivity contribution in [2.75, 3.05) is 7.11 Å². The summed E-state index contributed by atoms with van der Waals surface area (Å²) < 4.78 is 5.64. The Balaban J connectivity index is 2.50. The van der Waals surface area contributed by atoms with E-state index in [0.29, 0.717) is 0 Å². The highest BCUT2D eigenvalue weighted by atomic mass is 35.5. The third kappa shape index (κ3) is 2.55. The minimum Gasteiger partial charge on any atom is -0.478 e. The van der Waals surface area contributed by atoms with E-state index in [4.69, 9.17) is 16.7 Å². The summed E-state index contributed by atoms with van der Waals surface area (Å²) in [5.74, 6) is -2.02. The molecule has 1 heterocycles. The highest BCUT2D eigenvalue weighted by Crippen LogP contribution is 2.19. The normalized spacial score (nSPS) is 10.2. The molecule has 0 spiro atoms. The van der Waals surface area contributed by atoms with E-state index < -0.39 is 11.9 Å². The number of carbonyl (C=O) groups excluding carboxylic acids is 1. The van der Waals surface area contributed by atoms with Gasteiger partial charge >= 0.3 is 11.9 Å². The van der Waals surface area contributed by atoms with Crippen molar-refractivity contribution in [2.45, 2.75) is 0 Å². The lowest BCUT2D eigenvalue weighted by molar-refractivity contribution is 0.0586. The topological polar surface area (TPSA) is 94.3 Å². The molecular formula is C11H8ClN3O4. The van der Waals surface area contributed by atoms with E-state index >= 15 is 0 Å². The number of rotatable bonds is 3. The van der Waals surface area contributed by atoms with Crippen molar-refractivity contribution in [3.05, 3.63) is 40.9 Å². The first-order chi connectivity index (χ1) is 9.02. The Hall–Kier alpha value is -2.41. The highest BCUT2D eigenvalue weighted by molar-refractivity contribution is 6.31. The number of hydrogen-bond donors (Lipinski definition) is 1. The Morgan fingerprint density at radius 3 is 2.79 bits per heavy atom. The van der Waals surface area contributed by atoms with Gasteiger partial charge in [-0.2, -0.15) is 0 Å². The van der Waals surface area contributed by atoms with E-state index in [2.05, 4.69) is 14.8 Å². The lowest BCUT2D eigenvalue weighted by Gasteiger charge is -2.05. The Bertz CT molecular complexity index is 653. The maximum absolute atomic E-state index is 11.2. The number of carboxylic acids is 1. The van der Waals surface area contributed by atoms with Crippen molar-refractivity contribution in [1.29, 1.82) is 0 Å². The summed E-state index contributed by atoms with van der Waals surface area (Å²) in [6, 6.07) is 4.28. The Kier molecular flexibility index (Phi) is 3.48. The smallest absolute Gasteiger partial charge is 0.377 e. The first-order valence-corrected chi connectivity index (χ1v) is 5.44. The van der Waals surface area contributed by atoms with Crippen molar-refractivity contribution in [1.82, 2.24) is 14.8 Å². The number of ether oxygens (including phenoxy) is 1.